The molecule has 15 heavy (non-hydrogen) atoms. The topological polar surface area (TPSA) is 24.9 Å². The molecule has 0 bridgehead atoms. The second-order valence-electron chi connectivity index (χ2n) is 3.34. The molecule has 0 radical (unpaired) electrons. The lowest BCUT2D eigenvalue weighted by atomic mass is 10.2. The fraction of sp³-hybridized carbons (Fsp3) is 0.0833. The lowest BCUT2D eigenvalue weighted by molar-refractivity contribution is 1.26. The van der Waals surface area contributed by atoms with E-state index in [-0.39, 0.29) is 0 Å². The van der Waals surface area contributed by atoms with E-state index in [0.717, 1.165) is 16.1 Å². The number of pyridine rings is 1. The Morgan fingerprint density at radius 1 is 1.13 bits per heavy atom. The highest BCUT2D eigenvalue weighted by molar-refractivity contribution is 9.10. The number of hydrogen-bond acceptors (Lipinski definition) is 2. The van der Waals surface area contributed by atoms with Gasteiger partial charge >= 0.3 is 0 Å². The van der Waals surface area contributed by atoms with Crippen molar-refractivity contribution >= 4 is 27.4 Å². The largest absolute Gasteiger partial charge is 0.340 e. The molecular formula is C12H11BrN2. The van der Waals surface area contributed by atoms with Gasteiger partial charge in [0.1, 0.15) is 10.4 Å². The maximum Gasteiger partial charge on any atom is 0.131 e. The van der Waals surface area contributed by atoms with Gasteiger partial charge in [0, 0.05) is 5.69 Å². The summed E-state index contributed by atoms with van der Waals surface area (Å²) in [6.07, 6.45) is 0. The zero-order valence-electron chi connectivity index (χ0n) is 8.37. The van der Waals surface area contributed by atoms with Crippen molar-refractivity contribution in [1.29, 1.82) is 0 Å². The van der Waals surface area contributed by atoms with Crippen LogP contribution >= 0.6 is 15.9 Å². The molecule has 0 aliphatic heterocycles. The van der Waals surface area contributed by atoms with Crippen molar-refractivity contribution in [3.8, 4) is 0 Å². The summed E-state index contributed by atoms with van der Waals surface area (Å²) in [4.78, 5) is 4.30. The third kappa shape index (κ3) is 2.80. The molecule has 3 heteroatoms. The molecule has 1 heterocycles. The molecule has 76 valence electrons. The van der Waals surface area contributed by atoms with E-state index in [2.05, 4.69) is 45.3 Å². The van der Waals surface area contributed by atoms with Crippen LogP contribution in [0.3, 0.4) is 0 Å². The van der Waals surface area contributed by atoms with Crippen molar-refractivity contribution in [3.63, 3.8) is 0 Å². The highest BCUT2D eigenvalue weighted by atomic mass is 79.9. The summed E-state index contributed by atoms with van der Waals surface area (Å²) in [5, 5.41) is 3.24. The van der Waals surface area contributed by atoms with Gasteiger partial charge in [0.15, 0.2) is 0 Å². The molecule has 2 aromatic rings. The summed E-state index contributed by atoms with van der Waals surface area (Å²) in [5.41, 5.74) is 2.29. The van der Waals surface area contributed by atoms with Crippen molar-refractivity contribution in [2.45, 2.75) is 6.92 Å². The highest BCUT2D eigenvalue weighted by Gasteiger charge is 1.96. The predicted octanol–water partition coefficient (Wildman–Crippen LogP) is 3.90. The molecule has 2 nitrogen and oxygen atoms in total. The zero-order chi connectivity index (χ0) is 10.7. The summed E-state index contributed by atoms with van der Waals surface area (Å²) in [6.45, 7) is 2.07. The molecule has 0 saturated heterocycles. The first-order chi connectivity index (χ1) is 7.24. The number of nitrogens with one attached hydrogen (secondary N) is 1. The van der Waals surface area contributed by atoms with Crippen LogP contribution in [-0.4, -0.2) is 4.98 Å². The SMILES string of the molecule is Cc1cccc(Nc2cccc(Br)n2)c1. The first-order valence-electron chi connectivity index (χ1n) is 4.70. The summed E-state index contributed by atoms with van der Waals surface area (Å²) in [6, 6.07) is 14.0. The molecule has 1 aromatic carbocycles. The van der Waals surface area contributed by atoms with E-state index in [4.69, 9.17) is 0 Å². The number of nitrogens with zero attached hydrogens (tertiary/aromatic N) is 1. The van der Waals surface area contributed by atoms with Crippen molar-refractivity contribution in [2.75, 3.05) is 5.32 Å². The molecule has 0 amide bonds. The van der Waals surface area contributed by atoms with Gasteiger partial charge in [-0.15, -0.1) is 0 Å². The average molecular weight is 263 g/mol. The summed E-state index contributed by atoms with van der Waals surface area (Å²) < 4.78 is 0.833. The zero-order valence-corrected chi connectivity index (χ0v) is 9.95. The number of aryl methyl sites for hydroxylation is 1. The van der Waals surface area contributed by atoms with Gasteiger partial charge in [0.25, 0.3) is 0 Å². The van der Waals surface area contributed by atoms with E-state index in [1.54, 1.807) is 0 Å². The van der Waals surface area contributed by atoms with Gasteiger partial charge in [0.05, 0.1) is 0 Å². The van der Waals surface area contributed by atoms with E-state index in [1.807, 2.05) is 30.3 Å². The summed E-state index contributed by atoms with van der Waals surface area (Å²) in [5.74, 6) is 0.843. The highest BCUT2D eigenvalue weighted by Crippen LogP contribution is 2.17. The van der Waals surface area contributed by atoms with Gasteiger partial charge in [-0.25, -0.2) is 4.98 Å². The van der Waals surface area contributed by atoms with Gasteiger partial charge in [-0.2, -0.15) is 0 Å². The number of halogens is 1. The van der Waals surface area contributed by atoms with Crippen molar-refractivity contribution in [3.05, 3.63) is 52.6 Å². The first-order valence-corrected chi connectivity index (χ1v) is 5.49. The van der Waals surface area contributed by atoms with E-state index < -0.39 is 0 Å². The first kappa shape index (κ1) is 10.2. The Bertz CT molecular complexity index is 425. The van der Waals surface area contributed by atoms with Crippen LogP contribution in [0.2, 0.25) is 0 Å². The second kappa shape index (κ2) is 4.45. The molecule has 2 rings (SSSR count). The van der Waals surface area contributed by atoms with Gasteiger partial charge in [-0.05, 0) is 52.7 Å². The summed E-state index contributed by atoms with van der Waals surface area (Å²) >= 11 is 3.34. The van der Waals surface area contributed by atoms with Crippen LogP contribution in [-0.2, 0) is 0 Å². The standard InChI is InChI=1S/C12H11BrN2/c1-9-4-2-5-10(8-9)14-12-7-3-6-11(13)15-12/h2-8H,1H3,(H,14,15). The summed E-state index contributed by atoms with van der Waals surface area (Å²) in [7, 11) is 0. The maximum absolute atomic E-state index is 4.30. The molecule has 0 atom stereocenters. The molecule has 0 aliphatic carbocycles. The number of aromatic nitrogens is 1. The number of benzene rings is 1. The molecule has 0 saturated carbocycles. The Balaban J connectivity index is 2.22. The Morgan fingerprint density at radius 3 is 2.67 bits per heavy atom. The van der Waals surface area contributed by atoms with Gasteiger partial charge < -0.3 is 5.32 Å². The average Bonchev–Trinajstić information content (AvgIpc) is 2.17. The van der Waals surface area contributed by atoms with Crippen molar-refractivity contribution in [1.82, 2.24) is 4.98 Å². The van der Waals surface area contributed by atoms with Gasteiger partial charge in [-0.1, -0.05) is 18.2 Å². The monoisotopic (exact) mass is 262 g/mol. The molecule has 0 unspecified atom stereocenters. The smallest absolute Gasteiger partial charge is 0.131 e. The fourth-order valence-corrected chi connectivity index (χ4v) is 1.69. The molecule has 0 spiro atoms. The van der Waals surface area contributed by atoms with Crippen LogP contribution in [0.25, 0.3) is 0 Å². The van der Waals surface area contributed by atoms with E-state index in [0.29, 0.717) is 0 Å². The van der Waals surface area contributed by atoms with Crippen LogP contribution in [0, 0.1) is 6.92 Å². The van der Waals surface area contributed by atoms with Crippen LogP contribution in [0.1, 0.15) is 5.56 Å². The van der Waals surface area contributed by atoms with Crippen LogP contribution in [0.5, 0.6) is 0 Å². The Kier molecular flexibility index (Phi) is 3.02. The van der Waals surface area contributed by atoms with E-state index >= 15 is 0 Å². The predicted molar refractivity (Wildman–Crippen MR) is 66.4 cm³/mol. The Labute approximate surface area is 97.5 Å². The van der Waals surface area contributed by atoms with E-state index in [9.17, 15) is 0 Å². The molecule has 0 fully saturated rings. The number of anilines is 2. The third-order valence-corrected chi connectivity index (χ3v) is 2.45. The maximum atomic E-state index is 4.30. The van der Waals surface area contributed by atoms with Crippen LogP contribution < -0.4 is 5.32 Å². The fourth-order valence-electron chi connectivity index (χ4n) is 1.35. The quantitative estimate of drug-likeness (QED) is 0.831. The Hall–Kier alpha value is -1.35. The van der Waals surface area contributed by atoms with Crippen molar-refractivity contribution in [2.24, 2.45) is 0 Å². The van der Waals surface area contributed by atoms with Crippen LogP contribution in [0.15, 0.2) is 47.1 Å². The molecule has 0 aliphatic rings. The lowest BCUT2D eigenvalue weighted by Crippen LogP contribution is -1.93. The number of hydrogen-bond donors (Lipinski definition) is 1. The molecule has 1 N–H and O–H groups in total. The normalized spacial score (nSPS) is 10.0. The Morgan fingerprint density at radius 2 is 1.93 bits per heavy atom. The van der Waals surface area contributed by atoms with Gasteiger partial charge in [-0.3, -0.25) is 0 Å². The second-order valence-corrected chi connectivity index (χ2v) is 4.15. The van der Waals surface area contributed by atoms with Crippen LogP contribution in [0.4, 0.5) is 11.5 Å². The van der Waals surface area contributed by atoms with E-state index in [1.165, 1.54) is 5.56 Å². The minimum Gasteiger partial charge on any atom is -0.340 e. The van der Waals surface area contributed by atoms with Gasteiger partial charge in [0.2, 0.25) is 0 Å². The minimum absolute atomic E-state index is 0.833. The molecule has 1 aromatic heterocycles. The minimum atomic E-state index is 0.833. The lowest BCUT2D eigenvalue weighted by Gasteiger charge is -2.06. The van der Waals surface area contributed by atoms with Crippen molar-refractivity contribution < 1.29 is 0 Å². The number of rotatable bonds is 2. The third-order valence-electron chi connectivity index (χ3n) is 2.01. The molecular weight excluding hydrogens is 252 g/mol.